The Bertz CT molecular complexity index is 641. The highest BCUT2D eigenvalue weighted by atomic mass is 32.1. The highest BCUT2D eigenvalue weighted by Crippen LogP contribution is 2.30. The quantitative estimate of drug-likeness (QED) is 0.772. The van der Waals surface area contributed by atoms with E-state index in [1.807, 2.05) is 11.0 Å². The molecule has 3 rings (SSSR count). The molecule has 20 heavy (non-hydrogen) atoms. The second kappa shape index (κ2) is 5.17. The van der Waals surface area contributed by atoms with Crippen LogP contribution in [0.4, 0.5) is 4.39 Å². The predicted molar refractivity (Wildman–Crippen MR) is 80.6 cm³/mol. The maximum atomic E-state index is 13.7. The third-order valence-corrected chi connectivity index (χ3v) is 4.96. The van der Waals surface area contributed by atoms with Crippen LogP contribution in [-0.4, -0.2) is 23.9 Å². The molecule has 0 saturated carbocycles. The average Bonchev–Trinajstić information content (AvgIpc) is 2.82. The highest BCUT2D eigenvalue weighted by Gasteiger charge is 2.27. The molecule has 1 aromatic heterocycles. The average molecular weight is 291 g/mol. The van der Waals surface area contributed by atoms with Gasteiger partial charge >= 0.3 is 0 Å². The summed E-state index contributed by atoms with van der Waals surface area (Å²) in [6, 6.07) is 6.69. The van der Waals surface area contributed by atoms with Crippen molar-refractivity contribution >= 4 is 27.3 Å². The van der Waals surface area contributed by atoms with Crippen molar-refractivity contribution in [3.8, 4) is 0 Å². The number of carbonyl (C=O) groups excluding carboxylic acids is 1. The zero-order valence-corrected chi connectivity index (χ0v) is 12.5. The van der Waals surface area contributed by atoms with Crippen molar-refractivity contribution in [1.82, 2.24) is 4.90 Å². The van der Waals surface area contributed by atoms with Gasteiger partial charge < -0.3 is 4.90 Å². The van der Waals surface area contributed by atoms with Gasteiger partial charge in [-0.25, -0.2) is 4.39 Å². The van der Waals surface area contributed by atoms with Gasteiger partial charge in [0.15, 0.2) is 0 Å². The Morgan fingerprint density at radius 2 is 2.00 bits per heavy atom. The molecule has 1 aromatic carbocycles. The Balaban J connectivity index is 1.90. The number of hydrogen-bond acceptors (Lipinski definition) is 2. The molecular weight excluding hydrogens is 273 g/mol. The number of nitrogens with zero attached hydrogens (tertiary/aromatic N) is 1. The maximum Gasteiger partial charge on any atom is 0.263 e. The minimum Gasteiger partial charge on any atom is -0.337 e. The number of likely N-dealkylation sites (tertiary alicyclic amines) is 1. The van der Waals surface area contributed by atoms with Crippen LogP contribution in [-0.2, 0) is 0 Å². The number of thiophene rings is 1. The third-order valence-electron chi connectivity index (χ3n) is 3.88. The Labute approximate surface area is 122 Å². The Kier molecular flexibility index (Phi) is 3.50. The second-order valence-electron chi connectivity index (χ2n) is 5.92. The third kappa shape index (κ3) is 2.44. The molecular formula is C16H18FNOS. The van der Waals surface area contributed by atoms with Crippen molar-refractivity contribution in [2.75, 3.05) is 13.1 Å². The summed E-state index contributed by atoms with van der Waals surface area (Å²) >= 11 is 1.38. The minimum atomic E-state index is -0.252. The molecule has 4 heteroatoms. The van der Waals surface area contributed by atoms with Gasteiger partial charge in [0.25, 0.3) is 5.91 Å². The summed E-state index contributed by atoms with van der Waals surface area (Å²) in [5.74, 6) is 0.866. The monoisotopic (exact) mass is 291 g/mol. The molecule has 1 amide bonds. The fourth-order valence-electron chi connectivity index (χ4n) is 3.12. The van der Waals surface area contributed by atoms with Crippen LogP contribution in [0.25, 0.3) is 10.1 Å². The van der Waals surface area contributed by atoms with E-state index in [-0.39, 0.29) is 11.7 Å². The molecule has 1 saturated heterocycles. The first-order chi connectivity index (χ1) is 9.54. The molecule has 0 radical (unpaired) electrons. The van der Waals surface area contributed by atoms with Crippen molar-refractivity contribution in [2.45, 2.75) is 20.3 Å². The highest BCUT2D eigenvalue weighted by molar-refractivity contribution is 7.20. The molecule has 1 aliphatic heterocycles. The molecule has 0 aliphatic carbocycles. The number of amides is 1. The van der Waals surface area contributed by atoms with Crippen LogP contribution in [0.15, 0.2) is 24.3 Å². The summed E-state index contributed by atoms with van der Waals surface area (Å²) < 4.78 is 14.6. The van der Waals surface area contributed by atoms with Crippen LogP contribution >= 0.6 is 11.3 Å². The first kappa shape index (κ1) is 13.6. The first-order valence-corrected chi connectivity index (χ1v) is 7.83. The normalized spacial score (nSPS) is 23.2. The molecule has 106 valence electrons. The van der Waals surface area contributed by atoms with E-state index in [1.165, 1.54) is 23.8 Å². The molecule has 2 unspecified atom stereocenters. The lowest BCUT2D eigenvalue weighted by Crippen LogP contribution is -2.42. The van der Waals surface area contributed by atoms with Crippen molar-refractivity contribution in [3.63, 3.8) is 0 Å². The summed E-state index contributed by atoms with van der Waals surface area (Å²) in [4.78, 5) is 15.1. The molecule has 0 N–H and O–H groups in total. The van der Waals surface area contributed by atoms with E-state index in [9.17, 15) is 9.18 Å². The Hall–Kier alpha value is -1.42. The number of benzene rings is 1. The van der Waals surface area contributed by atoms with Crippen molar-refractivity contribution in [3.05, 3.63) is 35.0 Å². The number of hydrogen-bond donors (Lipinski definition) is 0. The number of fused-ring (bicyclic) bond motifs is 1. The zero-order valence-electron chi connectivity index (χ0n) is 11.7. The van der Waals surface area contributed by atoms with Gasteiger partial charge in [0, 0.05) is 23.2 Å². The molecule has 2 atom stereocenters. The van der Waals surface area contributed by atoms with Crippen molar-refractivity contribution in [2.24, 2.45) is 11.8 Å². The Morgan fingerprint density at radius 1 is 1.30 bits per heavy atom. The standard InChI is InChI=1S/C16H18FNOS/c1-10-6-11(2)9-18(8-10)16(19)15-7-12-13(17)4-3-5-14(12)20-15/h3-5,7,10-11H,6,8-9H2,1-2H3. The lowest BCUT2D eigenvalue weighted by atomic mass is 9.92. The summed E-state index contributed by atoms with van der Waals surface area (Å²) in [6.07, 6.45) is 1.17. The van der Waals surface area contributed by atoms with Crippen LogP contribution in [0.1, 0.15) is 29.9 Å². The molecule has 2 nitrogen and oxygen atoms in total. The lowest BCUT2D eigenvalue weighted by molar-refractivity contribution is 0.0628. The van der Waals surface area contributed by atoms with Crippen LogP contribution in [0.2, 0.25) is 0 Å². The number of rotatable bonds is 1. The van der Waals surface area contributed by atoms with E-state index in [1.54, 1.807) is 12.1 Å². The van der Waals surface area contributed by atoms with E-state index < -0.39 is 0 Å². The van der Waals surface area contributed by atoms with Crippen molar-refractivity contribution in [1.29, 1.82) is 0 Å². The van der Waals surface area contributed by atoms with Gasteiger partial charge in [-0.05, 0) is 36.5 Å². The zero-order chi connectivity index (χ0) is 14.3. The van der Waals surface area contributed by atoms with E-state index in [0.29, 0.717) is 22.1 Å². The predicted octanol–water partition coefficient (Wildman–Crippen LogP) is 4.16. The molecule has 2 heterocycles. The Morgan fingerprint density at radius 3 is 2.65 bits per heavy atom. The van der Waals surface area contributed by atoms with E-state index in [4.69, 9.17) is 0 Å². The van der Waals surface area contributed by atoms with Crippen molar-refractivity contribution < 1.29 is 9.18 Å². The molecule has 0 spiro atoms. The van der Waals surface area contributed by atoms with Gasteiger partial charge in [0.2, 0.25) is 0 Å². The largest absolute Gasteiger partial charge is 0.337 e. The molecule has 0 bridgehead atoms. The van der Waals surface area contributed by atoms with Crippen LogP contribution in [0.5, 0.6) is 0 Å². The number of carbonyl (C=O) groups is 1. The molecule has 2 aromatic rings. The SMILES string of the molecule is CC1CC(C)CN(C(=O)c2cc3c(F)cccc3s2)C1. The summed E-state index contributed by atoms with van der Waals surface area (Å²) in [7, 11) is 0. The molecule has 1 aliphatic rings. The van der Waals surface area contributed by atoms with Gasteiger partial charge in [-0.2, -0.15) is 0 Å². The smallest absolute Gasteiger partial charge is 0.263 e. The topological polar surface area (TPSA) is 20.3 Å². The fourth-order valence-corrected chi connectivity index (χ4v) is 4.16. The van der Waals surface area contributed by atoms with Gasteiger partial charge in [0.05, 0.1) is 4.88 Å². The first-order valence-electron chi connectivity index (χ1n) is 7.02. The minimum absolute atomic E-state index is 0.0454. The summed E-state index contributed by atoms with van der Waals surface area (Å²) in [5.41, 5.74) is 0. The van der Waals surface area contributed by atoms with Crippen LogP contribution in [0, 0.1) is 17.7 Å². The van der Waals surface area contributed by atoms with E-state index in [2.05, 4.69) is 13.8 Å². The lowest BCUT2D eigenvalue weighted by Gasteiger charge is -2.34. The van der Waals surface area contributed by atoms with Crippen LogP contribution in [0.3, 0.4) is 0 Å². The van der Waals surface area contributed by atoms with Crippen LogP contribution < -0.4 is 0 Å². The van der Waals surface area contributed by atoms with Gasteiger partial charge in [-0.15, -0.1) is 11.3 Å². The fraction of sp³-hybridized carbons (Fsp3) is 0.438. The summed E-state index contributed by atoms with van der Waals surface area (Å²) in [6.45, 7) is 5.97. The van der Waals surface area contributed by atoms with E-state index >= 15 is 0 Å². The molecule has 1 fully saturated rings. The number of piperidine rings is 1. The second-order valence-corrected chi connectivity index (χ2v) is 7.00. The number of halogens is 1. The van der Waals surface area contributed by atoms with Gasteiger partial charge in [0.1, 0.15) is 5.82 Å². The maximum absolute atomic E-state index is 13.7. The van der Waals surface area contributed by atoms with Gasteiger partial charge in [-0.1, -0.05) is 19.9 Å². The summed E-state index contributed by atoms with van der Waals surface area (Å²) in [5, 5.41) is 0.555. The van der Waals surface area contributed by atoms with E-state index in [0.717, 1.165) is 17.8 Å². The van der Waals surface area contributed by atoms with Gasteiger partial charge in [-0.3, -0.25) is 4.79 Å².